The molecular weight excluding hydrogens is 821 g/mol. The van der Waals surface area contributed by atoms with Crippen molar-refractivity contribution in [3.8, 4) is 0 Å². The van der Waals surface area contributed by atoms with Gasteiger partial charge in [0.2, 0.25) is 17.7 Å². The number of nitrogens with one attached hydrogen (secondary N) is 3. The highest BCUT2D eigenvalue weighted by atomic mass is 16.6. The Morgan fingerprint density at radius 3 is 1.89 bits per heavy atom. The Hall–Kier alpha value is -4.86. The van der Waals surface area contributed by atoms with E-state index in [1.165, 1.54) is 28.7 Å². The summed E-state index contributed by atoms with van der Waals surface area (Å²) in [5.74, 6) is -6.58. The summed E-state index contributed by atoms with van der Waals surface area (Å²) in [4.78, 5) is 118. The molecule has 0 spiro atoms. The second-order valence-electron chi connectivity index (χ2n) is 19.3. The molecule has 4 fully saturated rings. The number of esters is 2. The molecule has 1 aromatic rings. The van der Waals surface area contributed by atoms with Gasteiger partial charge in [0.1, 0.15) is 18.1 Å². The lowest BCUT2D eigenvalue weighted by Crippen LogP contribution is -2.60. The number of rotatable bonds is 7. The number of carbonyl (C=O) groups excluding carboxylic acids is 8. The van der Waals surface area contributed by atoms with Crippen LogP contribution in [0.2, 0.25) is 0 Å². The molecule has 5 rings (SSSR count). The van der Waals surface area contributed by atoms with Gasteiger partial charge in [-0.2, -0.15) is 0 Å². The zero-order valence-electron chi connectivity index (χ0n) is 39.5. The molecule has 354 valence electrons. The van der Waals surface area contributed by atoms with Crippen molar-refractivity contribution >= 4 is 47.3 Å². The Bertz CT molecular complexity index is 1880. The number of cyclic esters (lactones) is 2. The molecule has 64 heavy (non-hydrogen) atoms. The summed E-state index contributed by atoms with van der Waals surface area (Å²) in [6.07, 6.45) is 0.721. The van der Waals surface area contributed by atoms with E-state index in [1.54, 1.807) is 20.8 Å². The lowest BCUT2D eigenvalue weighted by molar-refractivity contribution is -0.172. The van der Waals surface area contributed by atoms with Crippen LogP contribution in [-0.4, -0.2) is 137 Å². The number of likely N-dealkylation sites (N-methyl/N-ethyl adjacent to an activating group) is 1. The van der Waals surface area contributed by atoms with Crippen LogP contribution in [0.15, 0.2) is 30.3 Å². The van der Waals surface area contributed by atoms with E-state index >= 15 is 0 Å². The Labute approximate surface area is 378 Å². The number of carbonyl (C=O) groups is 8. The third-order valence-corrected chi connectivity index (χ3v) is 13.9. The van der Waals surface area contributed by atoms with Crippen LogP contribution in [0, 0.1) is 29.6 Å². The summed E-state index contributed by atoms with van der Waals surface area (Å²) in [6, 6.07) is 3.49. The number of Topliss-reactive ketones (excluding diaryl/α,β-unsaturated/α-hetero) is 1. The third kappa shape index (κ3) is 11.3. The van der Waals surface area contributed by atoms with Crippen molar-refractivity contribution < 1.29 is 47.8 Å². The van der Waals surface area contributed by atoms with Crippen LogP contribution >= 0.6 is 0 Å². The Morgan fingerprint density at radius 2 is 1.28 bits per heavy atom. The van der Waals surface area contributed by atoms with Gasteiger partial charge in [-0.15, -0.1) is 0 Å². The van der Waals surface area contributed by atoms with Gasteiger partial charge in [0.05, 0.1) is 24.0 Å². The van der Waals surface area contributed by atoms with Gasteiger partial charge < -0.3 is 34.8 Å². The van der Waals surface area contributed by atoms with E-state index in [0.717, 1.165) is 5.56 Å². The standard InChI is InChI=1S/C48H72N6O10/c1-11-28(6)39-45(59)53-23-15-19-35(53)43(57)51-38(29(7)25-32-17-13-12-14-18-32)40(55)33-21-22-34(49-33)42(56)50-37(26(2)3)30(8)47(61)63-31(9)44(58)54-24-16-20-36(54)48(62)64-41(27(4)5)46(60)52(39)10/h12-14,17-18,26-31,33-39,41,49H,11,15-16,19-25H2,1-10H3,(H,50,56)(H,51,57)/t28-,29?,30?,31?,33?,34-,35-,36-,37?,38?,39-,41+/m0/s1. The minimum Gasteiger partial charge on any atom is -0.452 e. The van der Waals surface area contributed by atoms with Crippen LogP contribution in [0.3, 0.4) is 0 Å². The molecule has 0 radical (unpaired) electrons. The molecule has 0 aromatic heterocycles. The Kier molecular flexibility index (Phi) is 17.1. The second-order valence-corrected chi connectivity index (χ2v) is 19.3. The zero-order valence-corrected chi connectivity index (χ0v) is 39.5. The molecule has 6 unspecified atom stereocenters. The molecule has 16 nitrogen and oxygen atoms in total. The quantitative estimate of drug-likeness (QED) is 0.340. The number of nitrogens with zero attached hydrogens (tertiary/aromatic N) is 3. The van der Waals surface area contributed by atoms with Crippen LogP contribution in [0.1, 0.15) is 113 Å². The number of hydrogen-bond acceptors (Lipinski definition) is 11. The van der Waals surface area contributed by atoms with E-state index in [0.29, 0.717) is 44.9 Å². The second kappa shape index (κ2) is 21.9. The summed E-state index contributed by atoms with van der Waals surface area (Å²) < 4.78 is 11.7. The average molecular weight is 893 g/mol. The SMILES string of the molecule is CC[C@H](C)[C@H]1C(=O)N2CCC[C@H]2C(=O)NC(C(C)Cc2ccccc2)C(=O)C2CC[C@H](N2)C(=O)NC(C(C)C)C(C)C(=O)OC(C)C(=O)N2CCC[C@H]2C(=O)O[C@H](C(C)C)C(=O)N1C. The largest absolute Gasteiger partial charge is 0.452 e. The predicted molar refractivity (Wildman–Crippen MR) is 238 cm³/mol. The van der Waals surface area contributed by atoms with Crippen molar-refractivity contribution in [2.45, 2.75) is 168 Å². The van der Waals surface area contributed by atoms with Crippen molar-refractivity contribution in [2.24, 2.45) is 29.6 Å². The lowest BCUT2D eigenvalue weighted by atomic mass is 9.88. The first kappa shape index (κ1) is 50.1. The van der Waals surface area contributed by atoms with E-state index < -0.39 is 108 Å². The van der Waals surface area contributed by atoms with Crippen molar-refractivity contribution in [1.82, 2.24) is 30.7 Å². The maximum absolute atomic E-state index is 14.8. The maximum atomic E-state index is 14.8. The molecule has 4 aliphatic rings. The first-order valence-electron chi connectivity index (χ1n) is 23.5. The summed E-state index contributed by atoms with van der Waals surface area (Å²) >= 11 is 0. The minimum atomic E-state index is -1.30. The van der Waals surface area contributed by atoms with E-state index in [4.69, 9.17) is 9.47 Å². The van der Waals surface area contributed by atoms with Crippen molar-refractivity contribution in [3.05, 3.63) is 35.9 Å². The van der Waals surface area contributed by atoms with Crippen molar-refractivity contribution in [2.75, 3.05) is 20.1 Å². The summed E-state index contributed by atoms with van der Waals surface area (Å²) in [7, 11) is 1.51. The maximum Gasteiger partial charge on any atom is 0.329 e. The highest BCUT2D eigenvalue weighted by Crippen LogP contribution is 2.29. The number of fused-ring (bicyclic) bond motifs is 4. The first-order valence-corrected chi connectivity index (χ1v) is 23.5. The molecule has 4 saturated heterocycles. The van der Waals surface area contributed by atoms with Gasteiger partial charge in [-0.25, -0.2) is 4.79 Å². The van der Waals surface area contributed by atoms with E-state index in [-0.39, 0.29) is 43.0 Å². The van der Waals surface area contributed by atoms with Gasteiger partial charge in [0, 0.05) is 26.2 Å². The van der Waals surface area contributed by atoms with Gasteiger partial charge in [-0.05, 0) is 88.0 Å². The average Bonchev–Trinajstić information content (AvgIpc) is 4.07. The van der Waals surface area contributed by atoms with E-state index in [9.17, 15) is 38.4 Å². The normalized spacial score (nSPS) is 32.0. The molecule has 2 bridgehead atoms. The van der Waals surface area contributed by atoms with Crippen LogP contribution < -0.4 is 16.0 Å². The van der Waals surface area contributed by atoms with Gasteiger partial charge in [-0.1, -0.05) is 85.2 Å². The predicted octanol–water partition coefficient (Wildman–Crippen LogP) is 3.18. The van der Waals surface area contributed by atoms with Crippen LogP contribution in [-0.2, 0) is 54.3 Å². The van der Waals surface area contributed by atoms with E-state index in [1.807, 2.05) is 65.0 Å². The summed E-state index contributed by atoms with van der Waals surface area (Å²) in [5, 5.41) is 9.27. The molecule has 12 atom stereocenters. The first-order chi connectivity index (χ1) is 30.3. The zero-order chi connectivity index (χ0) is 47.2. The highest BCUT2D eigenvalue weighted by Gasteiger charge is 2.47. The summed E-state index contributed by atoms with van der Waals surface area (Å²) in [5.41, 5.74) is 0.975. The fraction of sp³-hybridized carbons (Fsp3) is 0.708. The molecular formula is C48H72N6O10. The highest BCUT2D eigenvalue weighted by molar-refractivity contribution is 5.98. The third-order valence-electron chi connectivity index (χ3n) is 13.9. The van der Waals surface area contributed by atoms with Crippen LogP contribution in [0.25, 0.3) is 0 Å². The molecule has 1 aromatic carbocycles. The number of amides is 5. The smallest absolute Gasteiger partial charge is 0.329 e. The molecule has 16 heteroatoms. The fourth-order valence-corrected chi connectivity index (χ4v) is 9.86. The van der Waals surface area contributed by atoms with Gasteiger partial charge in [-0.3, -0.25) is 38.9 Å². The van der Waals surface area contributed by atoms with Crippen molar-refractivity contribution in [3.63, 3.8) is 0 Å². The van der Waals surface area contributed by atoms with E-state index in [2.05, 4.69) is 16.0 Å². The Morgan fingerprint density at radius 1 is 0.672 bits per heavy atom. The number of benzene rings is 1. The number of hydrogen-bond donors (Lipinski definition) is 3. The Balaban J connectivity index is 1.51. The number of ether oxygens (including phenoxy) is 2. The summed E-state index contributed by atoms with van der Waals surface area (Å²) in [6.45, 7) is 16.4. The monoisotopic (exact) mass is 893 g/mol. The van der Waals surface area contributed by atoms with Crippen molar-refractivity contribution in [1.29, 1.82) is 0 Å². The molecule has 0 aliphatic carbocycles. The van der Waals surface area contributed by atoms with Gasteiger partial charge >= 0.3 is 11.9 Å². The molecule has 4 heterocycles. The molecule has 0 saturated carbocycles. The minimum absolute atomic E-state index is 0.209. The fourth-order valence-electron chi connectivity index (χ4n) is 9.86. The van der Waals surface area contributed by atoms with Gasteiger partial charge in [0.15, 0.2) is 18.0 Å². The van der Waals surface area contributed by atoms with Crippen LogP contribution in [0.5, 0.6) is 0 Å². The van der Waals surface area contributed by atoms with Gasteiger partial charge in [0.25, 0.3) is 11.8 Å². The topological polar surface area (TPSA) is 201 Å². The molecule has 4 aliphatic heterocycles. The van der Waals surface area contributed by atoms with Crippen LogP contribution in [0.4, 0.5) is 0 Å². The molecule has 5 amide bonds. The molecule has 3 N–H and O–H groups in total. The number of ketones is 1. The lowest BCUT2D eigenvalue weighted by Gasteiger charge is -2.38.